The summed E-state index contributed by atoms with van der Waals surface area (Å²) in [5, 5.41) is 12.5. The molecule has 0 spiro atoms. The molecule has 0 N–H and O–H groups in total. The molecule has 0 saturated carbocycles. The first-order valence-corrected chi connectivity index (χ1v) is 17.4. The third kappa shape index (κ3) is 4.28. The molecule has 0 bridgehead atoms. The van der Waals surface area contributed by atoms with Crippen LogP contribution >= 0.6 is 0 Å². The quantitative estimate of drug-likeness (QED) is 0.174. The standard InChI is InChI=1S/C50H30O/c1-2-12-34-27-38(26-21-31(34)11-1)48-42-19-9-7-17-40(42)47(41-18-8-10-20-43(41)48)32-22-24-33(25-23-32)49-39-16-6-5-15-37(39)29-45-44-28-35-13-3-4-14-36(35)30-46(44)51-50(45)49/h1-30H/i28D,30D. The predicted octanol–water partition coefficient (Wildman–Crippen LogP) is 14.4. The van der Waals surface area contributed by atoms with E-state index in [9.17, 15) is 1.37 Å². The fraction of sp³-hybridized carbons (Fsp3) is 0. The van der Waals surface area contributed by atoms with E-state index in [1.807, 2.05) is 30.3 Å². The molecule has 0 atom stereocenters. The first-order chi connectivity index (χ1) is 26.1. The molecule has 0 aliphatic carbocycles. The molecule has 11 rings (SSSR count). The van der Waals surface area contributed by atoms with E-state index >= 15 is 0 Å². The highest BCUT2D eigenvalue weighted by molar-refractivity contribution is 6.23. The minimum absolute atomic E-state index is 0.319. The van der Waals surface area contributed by atoms with Gasteiger partial charge in [0.2, 0.25) is 0 Å². The molecular formula is C50H30O. The van der Waals surface area contributed by atoms with Crippen LogP contribution in [0.15, 0.2) is 186 Å². The molecule has 0 aliphatic heterocycles. The summed E-state index contributed by atoms with van der Waals surface area (Å²) in [6.07, 6.45) is 0. The molecule has 236 valence electrons. The summed E-state index contributed by atoms with van der Waals surface area (Å²) in [4.78, 5) is 0. The van der Waals surface area contributed by atoms with Gasteiger partial charge in [-0.15, -0.1) is 0 Å². The Hall–Kier alpha value is -6.70. The van der Waals surface area contributed by atoms with Gasteiger partial charge in [0, 0.05) is 16.3 Å². The summed E-state index contributed by atoms with van der Waals surface area (Å²) in [5.41, 5.74) is 7.98. The molecule has 51 heavy (non-hydrogen) atoms. The van der Waals surface area contributed by atoms with Crippen molar-refractivity contribution in [1.29, 1.82) is 0 Å². The third-order valence-corrected chi connectivity index (χ3v) is 10.6. The Morgan fingerprint density at radius 1 is 0.314 bits per heavy atom. The van der Waals surface area contributed by atoms with Crippen LogP contribution in [0.1, 0.15) is 2.74 Å². The van der Waals surface area contributed by atoms with Crippen molar-refractivity contribution in [3.63, 3.8) is 0 Å². The highest BCUT2D eigenvalue weighted by Crippen LogP contribution is 2.46. The van der Waals surface area contributed by atoms with Gasteiger partial charge < -0.3 is 4.42 Å². The molecular weight excluding hydrogens is 617 g/mol. The minimum Gasteiger partial charge on any atom is -0.455 e. The van der Waals surface area contributed by atoms with Crippen molar-refractivity contribution >= 4 is 75.8 Å². The summed E-state index contributed by atoms with van der Waals surface area (Å²) in [6.45, 7) is 0. The van der Waals surface area contributed by atoms with Crippen LogP contribution in [0.5, 0.6) is 0 Å². The second-order valence-corrected chi connectivity index (χ2v) is 13.4. The Kier molecular flexibility index (Phi) is 5.60. The van der Waals surface area contributed by atoms with E-state index in [0.717, 1.165) is 43.6 Å². The molecule has 0 amide bonds. The lowest BCUT2D eigenvalue weighted by Crippen LogP contribution is -1.91. The second kappa shape index (κ2) is 10.9. The summed E-state index contributed by atoms with van der Waals surface area (Å²) in [5.74, 6) is 0. The van der Waals surface area contributed by atoms with Crippen LogP contribution in [-0.2, 0) is 0 Å². The summed E-state index contributed by atoms with van der Waals surface area (Å²) in [7, 11) is 0. The number of hydrogen-bond donors (Lipinski definition) is 0. The van der Waals surface area contributed by atoms with E-state index in [1.54, 1.807) is 0 Å². The molecule has 0 fully saturated rings. The fourth-order valence-electron chi connectivity index (χ4n) is 8.25. The third-order valence-electron chi connectivity index (χ3n) is 10.6. The maximum atomic E-state index is 9.23. The van der Waals surface area contributed by atoms with Crippen molar-refractivity contribution in [2.45, 2.75) is 0 Å². The van der Waals surface area contributed by atoms with Crippen molar-refractivity contribution in [1.82, 2.24) is 0 Å². The lowest BCUT2D eigenvalue weighted by molar-refractivity contribution is 0.671. The lowest BCUT2D eigenvalue weighted by Gasteiger charge is -2.18. The highest BCUT2D eigenvalue weighted by Gasteiger charge is 2.19. The Balaban J connectivity index is 1.15. The highest BCUT2D eigenvalue weighted by atomic mass is 16.3. The van der Waals surface area contributed by atoms with Gasteiger partial charge in [0.05, 0.1) is 2.74 Å². The molecule has 1 heteroatoms. The van der Waals surface area contributed by atoms with E-state index < -0.39 is 0 Å². The molecule has 0 radical (unpaired) electrons. The number of rotatable bonds is 3. The lowest BCUT2D eigenvalue weighted by atomic mass is 9.85. The van der Waals surface area contributed by atoms with Gasteiger partial charge in [-0.2, -0.15) is 0 Å². The van der Waals surface area contributed by atoms with Crippen LogP contribution in [0.4, 0.5) is 0 Å². The normalized spacial score (nSPS) is 12.5. The first kappa shape index (κ1) is 26.2. The van der Waals surface area contributed by atoms with E-state index in [2.05, 4.69) is 140 Å². The molecule has 1 heterocycles. The van der Waals surface area contributed by atoms with Gasteiger partial charge in [-0.1, -0.05) is 158 Å². The summed E-state index contributed by atoms with van der Waals surface area (Å²) in [6, 6.07) is 60.6. The van der Waals surface area contributed by atoms with Gasteiger partial charge in [0.15, 0.2) is 0 Å². The Morgan fingerprint density at radius 2 is 0.784 bits per heavy atom. The second-order valence-electron chi connectivity index (χ2n) is 13.4. The monoisotopic (exact) mass is 648 g/mol. The average molecular weight is 649 g/mol. The van der Waals surface area contributed by atoms with Gasteiger partial charge >= 0.3 is 0 Å². The molecule has 1 nitrogen and oxygen atoms in total. The smallest absolute Gasteiger partial charge is 0.143 e. The molecule has 0 aliphatic rings. The minimum atomic E-state index is 0.319. The summed E-state index contributed by atoms with van der Waals surface area (Å²) < 4.78 is 25.0. The maximum absolute atomic E-state index is 9.23. The predicted molar refractivity (Wildman–Crippen MR) is 218 cm³/mol. The number of benzene rings is 10. The Morgan fingerprint density at radius 3 is 1.43 bits per heavy atom. The number of hydrogen-bond acceptors (Lipinski definition) is 1. The zero-order valence-electron chi connectivity index (χ0n) is 29.6. The van der Waals surface area contributed by atoms with Crippen molar-refractivity contribution < 1.29 is 7.16 Å². The van der Waals surface area contributed by atoms with Crippen molar-refractivity contribution in [2.75, 3.05) is 0 Å². The van der Waals surface area contributed by atoms with Crippen LogP contribution in [0.3, 0.4) is 0 Å². The average Bonchev–Trinajstić information content (AvgIpc) is 3.60. The van der Waals surface area contributed by atoms with Crippen molar-refractivity contribution in [3.05, 3.63) is 182 Å². The number of furan rings is 1. The van der Waals surface area contributed by atoms with Crippen LogP contribution < -0.4 is 0 Å². The Labute approximate surface area is 297 Å². The van der Waals surface area contributed by atoms with Gasteiger partial charge in [0.1, 0.15) is 11.2 Å². The Bertz CT molecular complexity index is 3240. The molecule has 0 saturated heterocycles. The van der Waals surface area contributed by atoms with Crippen LogP contribution in [0.2, 0.25) is 0 Å². The zero-order chi connectivity index (χ0) is 35.2. The first-order valence-electron chi connectivity index (χ1n) is 18.4. The van der Waals surface area contributed by atoms with Crippen molar-refractivity contribution in [2.24, 2.45) is 0 Å². The molecule has 11 aromatic rings. The van der Waals surface area contributed by atoms with E-state index in [-0.39, 0.29) is 0 Å². The maximum Gasteiger partial charge on any atom is 0.143 e. The van der Waals surface area contributed by atoms with Crippen molar-refractivity contribution in [3.8, 4) is 33.4 Å². The van der Waals surface area contributed by atoms with E-state index in [4.69, 9.17) is 5.79 Å². The molecule has 1 aromatic heterocycles. The van der Waals surface area contributed by atoms with Gasteiger partial charge in [-0.25, -0.2) is 0 Å². The van der Waals surface area contributed by atoms with E-state index in [1.165, 1.54) is 49.0 Å². The van der Waals surface area contributed by atoms with Crippen LogP contribution in [0.25, 0.3) is 109 Å². The summed E-state index contributed by atoms with van der Waals surface area (Å²) >= 11 is 0. The largest absolute Gasteiger partial charge is 0.455 e. The number of fused-ring (bicyclic) bond motifs is 8. The fourth-order valence-corrected chi connectivity index (χ4v) is 8.25. The van der Waals surface area contributed by atoms with Crippen LogP contribution in [-0.4, -0.2) is 0 Å². The zero-order valence-corrected chi connectivity index (χ0v) is 27.6. The van der Waals surface area contributed by atoms with E-state index in [0.29, 0.717) is 28.6 Å². The topological polar surface area (TPSA) is 13.1 Å². The molecule has 10 aromatic carbocycles. The van der Waals surface area contributed by atoms with Gasteiger partial charge in [-0.05, 0) is 106 Å². The molecule has 0 unspecified atom stereocenters. The SMILES string of the molecule is [2H]c1c2ccccc2c([2H])c2c1oc1c(-c3ccc(-c4c5ccccc5c(-c5ccc6ccccc6c5)c5ccccc45)cc3)c3ccccc3cc12. The van der Waals surface area contributed by atoms with Gasteiger partial charge in [0.25, 0.3) is 0 Å². The van der Waals surface area contributed by atoms with Gasteiger partial charge in [-0.3, -0.25) is 0 Å². The van der Waals surface area contributed by atoms with Crippen LogP contribution in [0, 0.1) is 0 Å².